The van der Waals surface area contributed by atoms with E-state index < -0.39 is 5.54 Å². The van der Waals surface area contributed by atoms with Crippen LogP contribution in [0.1, 0.15) is 37.0 Å². The summed E-state index contributed by atoms with van der Waals surface area (Å²) in [6, 6.07) is 10.3. The summed E-state index contributed by atoms with van der Waals surface area (Å²) in [5.74, 6) is 0.771. The van der Waals surface area contributed by atoms with Crippen LogP contribution in [0.5, 0.6) is 5.75 Å². The summed E-state index contributed by atoms with van der Waals surface area (Å²) >= 11 is 0. The zero-order chi connectivity index (χ0) is 14.6. The molecule has 1 aromatic carbocycles. The van der Waals surface area contributed by atoms with Gasteiger partial charge in [0.25, 0.3) is 0 Å². The lowest BCUT2D eigenvalue weighted by Crippen LogP contribution is -2.34. The predicted octanol–water partition coefficient (Wildman–Crippen LogP) is 3.40. The van der Waals surface area contributed by atoms with Crippen LogP contribution in [-0.2, 0) is 5.54 Å². The van der Waals surface area contributed by atoms with E-state index in [0.717, 1.165) is 23.3 Å². The van der Waals surface area contributed by atoms with E-state index in [1.54, 1.807) is 12.4 Å². The molecule has 0 amide bonds. The Morgan fingerprint density at radius 2 is 1.85 bits per heavy atom. The zero-order valence-corrected chi connectivity index (χ0v) is 12.4. The minimum Gasteiger partial charge on any atom is -0.492 e. The summed E-state index contributed by atoms with van der Waals surface area (Å²) in [6.45, 7) is 6.84. The molecule has 0 spiro atoms. The fraction of sp³-hybridized carbons (Fsp3) is 0.353. The molecule has 3 nitrogen and oxygen atoms in total. The van der Waals surface area contributed by atoms with Crippen molar-refractivity contribution in [2.45, 2.75) is 32.7 Å². The number of nitrogens with zero attached hydrogens (tertiary/aromatic N) is 1. The summed E-state index contributed by atoms with van der Waals surface area (Å²) in [5.41, 5.74) is 9.18. The first-order valence-electron chi connectivity index (χ1n) is 6.98. The van der Waals surface area contributed by atoms with Gasteiger partial charge in [0.15, 0.2) is 0 Å². The average molecular weight is 270 g/mol. The van der Waals surface area contributed by atoms with Crippen molar-refractivity contribution in [3.63, 3.8) is 0 Å². The molecule has 0 radical (unpaired) electrons. The number of rotatable bonds is 5. The monoisotopic (exact) mass is 270 g/mol. The van der Waals surface area contributed by atoms with Crippen LogP contribution >= 0.6 is 0 Å². The van der Waals surface area contributed by atoms with E-state index in [1.807, 2.05) is 13.0 Å². The molecule has 0 aliphatic carbocycles. The molecule has 20 heavy (non-hydrogen) atoms. The molecule has 2 aromatic rings. The van der Waals surface area contributed by atoms with E-state index in [2.05, 4.69) is 43.1 Å². The van der Waals surface area contributed by atoms with Gasteiger partial charge in [0.1, 0.15) is 5.75 Å². The fourth-order valence-electron chi connectivity index (χ4n) is 2.07. The number of hydrogen-bond acceptors (Lipinski definition) is 3. The quantitative estimate of drug-likeness (QED) is 0.905. The Morgan fingerprint density at radius 1 is 1.15 bits per heavy atom. The minimum atomic E-state index is -0.577. The second kappa shape index (κ2) is 6.06. The third kappa shape index (κ3) is 3.17. The molecule has 0 aliphatic rings. The molecule has 0 saturated carbocycles. The van der Waals surface area contributed by atoms with Crippen molar-refractivity contribution in [2.75, 3.05) is 6.61 Å². The molecule has 2 rings (SSSR count). The van der Waals surface area contributed by atoms with Gasteiger partial charge in [-0.2, -0.15) is 0 Å². The maximum atomic E-state index is 6.51. The van der Waals surface area contributed by atoms with Gasteiger partial charge < -0.3 is 10.5 Å². The van der Waals surface area contributed by atoms with Gasteiger partial charge >= 0.3 is 0 Å². The normalized spacial score (nSPS) is 13.8. The van der Waals surface area contributed by atoms with Gasteiger partial charge in [0.2, 0.25) is 0 Å². The van der Waals surface area contributed by atoms with E-state index in [4.69, 9.17) is 10.5 Å². The van der Waals surface area contributed by atoms with Crippen molar-refractivity contribution in [1.29, 1.82) is 0 Å². The molecule has 0 bridgehead atoms. The van der Waals surface area contributed by atoms with Crippen LogP contribution in [0.25, 0.3) is 0 Å². The average Bonchev–Trinajstić information content (AvgIpc) is 2.46. The van der Waals surface area contributed by atoms with Crippen LogP contribution in [0.4, 0.5) is 0 Å². The molecule has 0 fully saturated rings. The number of pyridine rings is 1. The Balaban J connectivity index is 2.30. The second-order valence-corrected chi connectivity index (χ2v) is 5.33. The van der Waals surface area contributed by atoms with Crippen molar-refractivity contribution < 1.29 is 4.74 Å². The van der Waals surface area contributed by atoms with Gasteiger partial charge in [0.05, 0.1) is 18.3 Å². The third-order valence-corrected chi connectivity index (χ3v) is 3.44. The van der Waals surface area contributed by atoms with Crippen molar-refractivity contribution in [3.05, 3.63) is 59.4 Å². The van der Waals surface area contributed by atoms with Gasteiger partial charge in [-0.15, -0.1) is 0 Å². The Bertz CT molecular complexity index is 561. The highest BCUT2D eigenvalue weighted by Gasteiger charge is 2.24. The Labute approximate surface area is 120 Å². The highest BCUT2D eigenvalue weighted by molar-refractivity contribution is 5.39. The summed E-state index contributed by atoms with van der Waals surface area (Å²) in [5, 5.41) is 0. The van der Waals surface area contributed by atoms with E-state index in [-0.39, 0.29) is 0 Å². The molecule has 1 unspecified atom stereocenters. The number of benzene rings is 1. The molecule has 1 atom stereocenters. The molecule has 3 heteroatoms. The maximum absolute atomic E-state index is 6.51. The van der Waals surface area contributed by atoms with Crippen molar-refractivity contribution in [1.82, 2.24) is 4.98 Å². The van der Waals surface area contributed by atoms with E-state index >= 15 is 0 Å². The predicted molar refractivity (Wildman–Crippen MR) is 81.8 cm³/mol. The zero-order valence-electron chi connectivity index (χ0n) is 12.4. The van der Waals surface area contributed by atoms with Crippen LogP contribution < -0.4 is 10.5 Å². The SMILES string of the molecule is CCCOc1cncc(C(C)(N)c2ccc(C)cc2)c1. The van der Waals surface area contributed by atoms with Crippen LogP contribution in [0.15, 0.2) is 42.7 Å². The van der Waals surface area contributed by atoms with Crippen LogP contribution in [0.2, 0.25) is 0 Å². The molecule has 0 saturated heterocycles. The molecule has 2 N–H and O–H groups in total. The topological polar surface area (TPSA) is 48.1 Å². The summed E-state index contributed by atoms with van der Waals surface area (Å²) < 4.78 is 5.63. The van der Waals surface area contributed by atoms with Crippen LogP contribution in [0.3, 0.4) is 0 Å². The Hall–Kier alpha value is -1.87. The largest absolute Gasteiger partial charge is 0.492 e. The third-order valence-electron chi connectivity index (χ3n) is 3.44. The number of aromatic nitrogens is 1. The number of ether oxygens (including phenoxy) is 1. The van der Waals surface area contributed by atoms with Gasteiger partial charge in [-0.1, -0.05) is 36.8 Å². The molecular weight excluding hydrogens is 248 g/mol. The van der Waals surface area contributed by atoms with E-state index in [1.165, 1.54) is 5.56 Å². The highest BCUT2D eigenvalue weighted by atomic mass is 16.5. The minimum absolute atomic E-state index is 0.577. The number of hydrogen-bond donors (Lipinski definition) is 1. The second-order valence-electron chi connectivity index (χ2n) is 5.33. The number of nitrogens with two attached hydrogens (primary N) is 1. The number of aryl methyl sites for hydroxylation is 1. The lowest BCUT2D eigenvalue weighted by atomic mass is 9.86. The highest BCUT2D eigenvalue weighted by Crippen LogP contribution is 2.28. The van der Waals surface area contributed by atoms with Crippen LogP contribution in [0, 0.1) is 6.92 Å². The summed E-state index contributed by atoms with van der Waals surface area (Å²) in [6.07, 6.45) is 4.51. The van der Waals surface area contributed by atoms with Gasteiger partial charge in [0, 0.05) is 6.20 Å². The first-order valence-corrected chi connectivity index (χ1v) is 6.98. The maximum Gasteiger partial charge on any atom is 0.137 e. The molecule has 106 valence electrons. The molecular formula is C17H22N2O. The Morgan fingerprint density at radius 3 is 2.50 bits per heavy atom. The Kier molecular flexibility index (Phi) is 4.40. The summed E-state index contributed by atoms with van der Waals surface area (Å²) in [7, 11) is 0. The van der Waals surface area contributed by atoms with E-state index in [9.17, 15) is 0 Å². The smallest absolute Gasteiger partial charge is 0.137 e. The van der Waals surface area contributed by atoms with Gasteiger partial charge in [-0.05, 0) is 37.5 Å². The lowest BCUT2D eigenvalue weighted by Gasteiger charge is -2.26. The van der Waals surface area contributed by atoms with Crippen molar-refractivity contribution >= 4 is 0 Å². The van der Waals surface area contributed by atoms with E-state index in [0.29, 0.717) is 6.61 Å². The molecule has 1 heterocycles. The summed E-state index contributed by atoms with van der Waals surface area (Å²) in [4.78, 5) is 4.24. The van der Waals surface area contributed by atoms with Crippen molar-refractivity contribution in [3.8, 4) is 5.75 Å². The lowest BCUT2D eigenvalue weighted by molar-refractivity contribution is 0.315. The van der Waals surface area contributed by atoms with Crippen molar-refractivity contribution in [2.24, 2.45) is 5.73 Å². The standard InChI is InChI=1S/C17H22N2O/c1-4-9-20-16-10-15(11-19-12-16)17(3,18)14-7-5-13(2)6-8-14/h5-8,10-12H,4,9,18H2,1-3H3. The fourth-order valence-corrected chi connectivity index (χ4v) is 2.07. The van der Waals surface area contributed by atoms with Gasteiger partial charge in [-0.3, -0.25) is 4.98 Å². The first kappa shape index (κ1) is 14.5. The first-order chi connectivity index (χ1) is 9.54. The molecule has 1 aromatic heterocycles. The van der Waals surface area contributed by atoms with Gasteiger partial charge in [-0.25, -0.2) is 0 Å². The van der Waals surface area contributed by atoms with Crippen LogP contribution in [-0.4, -0.2) is 11.6 Å². The molecule has 0 aliphatic heterocycles.